The van der Waals surface area contributed by atoms with Gasteiger partial charge in [0.05, 0.1) is 17.4 Å². The van der Waals surface area contributed by atoms with Crippen LogP contribution in [-0.2, 0) is 9.59 Å². The Labute approximate surface area is 162 Å². The summed E-state index contributed by atoms with van der Waals surface area (Å²) in [6, 6.07) is 0. The molecule has 1 aromatic rings. The standard InChI is InChI=1S/C13H18F3N3S2.C2H2O4/c14-13(15,16)4-2-6-20-12-11(17-21-18-12)10-8-19-5-1-3-9(10)7-19;3-1(4)2(5)6/h9-10H,1-8H2;(H,3,4)(H,5,6). The van der Waals surface area contributed by atoms with E-state index in [2.05, 4.69) is 13.6 Å². The average Bonchev–Trinajstić information content (AvgIpc) is 3.15. The molecular formula is C15H20F3N3O4S2. The largest absolute Gasteiger partial charge is 0.473 e. The van der Waals surface area contributed by atoms with E-state index in [0.29, 0.717) is 17.6 Å². The zero-order chi connectivity index (χ0) is 20.0. The smallest absolute Gasteiger partial charge is 0.414 e. The van der Waals surface area contributed by atoms with Gasteiger partial charge in [0, 0.05) is 25.4 Å². The van der Waals surface area contributed by atoms with Gasteiger partial charge in [-0.25, -0.2) is 9.59 Å². The number of halogens is 3. The molecule has 2 aliphatic rings. The molecule has 0 radical (unpaired) electrons. The van der Waals surface area contributed by atoms with Gasteiger partial charge in [-0.2, -0.15) is 21.9 Å². The molecule has 3 unspecified atom stereocenters. The Morgan fingerprint density at radius 3 is 2.52 bits per heavy atom. The lowest BCUT2D eigenvalue weighted by molar-refractivity contribution is -0.159. The van der Waals surface area contributed by atoms with Crippen molar-refractivity contribution >= 4 is 35.4 Å². The predicted molar refractivity (Wildman–Crippen MR) is 93.1 cm³/mol. The summed E-state index contributed by atoms with van der Waals surface area (Å²) in [5.74, 6) is -2.11. The van der Waals surface area contributed by atoms with Crippen LogP contribution in [0.1, 0.15) is 37.3 Å². The lowest BCUT2D eigenvalue weighted by Gasteiger charge is -2.21. The van der Waals surface area contributed by atoms with E-state index in [9.17, 15) is 13.2 Å². The fourth-order valence-electron chi connectivity index (χ4n) is 3.28. The predicted octanol–water partition coefficient (Wildman–Crippen LogP) is 2.94. The first-order chi connectivity index (χ1) is 12.7. The number of alkyl halides is 3. The fraction of sp³-hybridized carbons (Fsp3) is 0.733. The van der Waals surface area contributed by atoms with Gasteiger partial charge in [-0.15, -0.1) is 11.8 Å². The third-order valence-corrected chi connectivity index (χ3v) is 6.15. The van der Waals surface area contributed by atoms with Gasteiger partial charge in [-0.1, -0.05) is 0 Å². The molecule has 3 rings (SSSR count). The van der Waals surface area contributed by atoms with Crippen molar-refractivity contribution in [2.75, 3.05) is 25.4 Å². The van der Waals surface area contributed by atoms with Gasteiger partial charge >= 0.3 is 18.1 Å². The van der Waals surface area contributed by atoms with E-state index in [-0.39, 0.29) is 6.42 Å². The van der Waals surface area contributed by atoms with Crippen molar-refractivity contribution in [1.29, 1.82) is 0 Å². The first-order valence-corrected chi connectivity index (χ1v) is 10.1. The molecule has 0 saturated carbocycles. The summed E-state index contributed by atoms with van der Waals surface area (Å²) >= 11 is 2.62. The number of nitrogens with zero attached hydrogens (tertiary/aromatic N) is 3. The number of rotatable bonds is 5. The molecule has 3 atom stereocenters. The molecule has 7 nitrogen and oxygen atoms in total. The SMILES string of the molecule is FC(F)(F)CCCSc1nsnc1C1CN2CCCC1C2.O=C(O)C(=O)O. The lowest BCUT2D eigenvalue weighted by Crippen LogP contribution is -2.25. The lowest BCUT2D eigenvalue weighted by atomic mass is 9.89. The van der Waals surface area contributed by atoms with E-state index in [4.69, 9.17) is 19.8 Å². The molecule has 0 aromatic carbocycles. The first kappa shape index (κ1) is 21.9. The summed E-state index contributed by atoms with van der Waals surface area (Å²) in [6.45, 7) is 3.34. The van der Waals surface area contributed by atoms with Crippen molar-refractivity contribution in [1.82, 2.24) is 13.6 Å². The van der Waals surface area contributed by atoms with Crippen LogP contribution >= 0.6 is 23.5 Å². The van der Waals surface area contributed by atoms with E-state index in [0.717, 1.165) is 23.8 Å². The second kappa shape index (κ2) is 9.69. The number of thioether (sulfide) groups is 1. The van der Waals surface area contributed by atoms with Gasteiger partial charge in [-0.3, -0.25) is 0 Å². The van der Waals surface area contributed by atoms with Crippen LogP contribution in [0, 0.1) is 5.92 Å². The van der Waals surface area contributed by atoms with Crippen molar-refractivity contribution < 1.29 is 33.0 Å². The van der Waals surface area contributed by atoms with Crippen LogP contribution in [-0.4, -0.2) is 67.4 Å². The molecule has 0 spiro atoms. The van der Waals surface area contributed by atoms with Crippen molar-refractivity contribution in [3.63, 3.8) is 0 Å². The van der Waals surface area contributed by atoms with Crippen LogP contribution in [0.4, 0.5) is 13.2 Å². The maximum atomic E-state index is 12.2. The fourth-order valence-corrected chi connectivity index (χ4v) is 4.99. The number of carboxylic acids is 2. The van der Waals surface area contributed by atoms with Crippen LogP contribution in [0.2, 0.25) is 0 Å². The Morgan fingerprint density at radius 1 is 1.22 bits per heavy atom. The molecule has 2 bridgehead atoms. The van der Waals surface area contributed by atoms with Crippen molar-refractivity contribution in [3.8, 4) is 0 Å². The number of hydrogen-bond donors (Lipinski definition) is 2. The minimum absolute atomic E-state index is 0.144. The Kier molecular flexibility index (Phi) is 7.86. The normalized spacial score (nSPS) is 24.2. The maximum Gasteiger partial charge on any atom is 0.414 e. The minimum Gasteiger partial charge on any atom is -0.473 e. The van der Waals surface area contributed by atoms with Gasteiger partial charge in [0.15, 0.2) is 0 Å². The van der Waals surface area contributed by atoms with Crippen LogP contribution in [0.5, 0.6) is 0 Å². The summed E-state index contributed by atoms with van der Waals surface area (Å²) in [6.07, 6.45) is -2.15. The second-order valence-corrected chi connectivity index (χ2v) is 8.01. The van der Waals surface area contributed by atoms with E-state index in [1.165, 1.54) is 42.9 Å². The number of carbonyl (C=O) groups is 2. The number of aromatic nitrogens is 2. The van der Waals surface area contributed by atoms with Gasteiger partial charge in [0.1, 0.15) is 5.03 Å². The van der Waals surface area contributed by atoms with Crippen LogP contribution in [0.25, 0.3) is 0 Å². The van der Waals surface area contributed by atoms with Crippen LogP contribution in [0.3, 0.4) is 0 Å². The number of hydrogen-bond acceptors (Lipinski definition) is 7. The molecule has 3 heterocycles. The number of carboxylic acid groups (broad SMARTS) is 2. The maximum absolute atomic E-state index is 12.2. The molecule has 2 N–H and O–H groups in total. The summed E-state index contributed by atoms with van der Waals surface area (Å²) < 4.78 is 45.2. The Balaban J connectivity index is 0.000000380. The van der Waals surface area contributed by atoms with Crippen molar-refractivity contribution in [3.05, 3.63) is 5.69 Å². The second-order valence-electron chi connectivity index (χ2n) is 6.40. The number of fused-ring (bicyclic) bond motifs is 2. The van der Waals surface area contributed by atoms with E-state index < -0.39 is 24.5 Å². The molecule has 0 aliphatic carbocycles. The molecule has 2 aliphatic heterocycles. The van der Waals surface area contributed by atoms with Gasteiger partial charge in [-0.05, 0) is 37.5 Å². The first-order valence-electron chi connectivity index (χ1n) is 8.38. The zero-order valence-corrected chi connectivity index (χ0v) is 15.9. The van der Waals surface area contributed by atoms with Crippen molar-refractivity contribution in [2.24, 2.45) is 5.92 Å². The average molecular weight is 427 g/mol. The molecular weight excluding hydrogens is 407 g/mol. The number of piperidine rings is 1. The molecule has 12 heteroatoms. The van der Waals surface area contributed by atoms with E-state index in [1.54, 1.807) is 0 Å². The molecule has 27 heavy (non-hydrogen) atoms. The molecule has 2 saturated heterocycles. The Hall–Kier alpha value is -1.40. The zero-order valence-electron chi connectivity index (χ0n) is 14.3. The highest BCUT2D eigenvalue weighted by Crippen LogP contribution is 2.41. The van der Waals surface area contributed by atoms with E-state index in [1.807, 2.05) is 0 Å². The topological polar surface area (TPSA) is 104 Å². The molecule has 1 aromatic heterocycles. The summed E-state index contributed by atoms with van der Waals surface area (Å²) in [5, 5.41) is 15.6. The molecule has 0 amide bonds. The summed E-state index contributed by atoms with van der Waals surface area (Å²) in [7, 11) is 0. The summed E-state index contributed by atoms with van der Waals surface area (Å²) in [5.41, 5.74) is 1.03. The quantitative estimate of drug-likeness (QED) is 0.420. The van der Waals surface area contributed by atoms with Gasteiger partial charge < -0.3 is 15.1 Å². The molecule has 2 fully saturated rings. The summed E-state index contributed by atoms with van der Waals surface area (Å²) in [4.78, 5) is 20.7. The highest BCUT2D eigenvalue weighted by molar-refractivity contribution is 7.99. The Bertz CT molecular complexity index is 644. The number of aliphatic carboxylic acids is 2. The third-order valence-electron chi connectivity index (χ3n) is 4.43. The van der Waals surface area contributed by atoms with Gasteiger partial charge in [0.25, 0.3) is 0 Å². The van der Waals surface area contributed by atoms with Crippen molar-refractivity contribution in [2.45, 2.75) is 42.8 Å². The van der Waals surface area contributed by atoms with E-state index >= 15 is 0 Å². The molecule has 152 valence electrons. The van der Waals surface area contributed by atoms with Crippen LogP contribution < -0.4 is 0 Å². The third kappa shape index (κ3) is 6.92. The minimum atomic E-state index is -4.06. The Morgan fingerprint density at radius 2 is 1.93 bits per heavy atom. The van der Waals surface area contributed by atoms with Crippen LogP contribution in [0.15, 0.2) is 5.03 Å². The highest BCUT2D eigenvalue weighted by atomic mass is 32.2. The highest BCUT2D eigenvalue weighted by Gasteiger charge is 2.39. The van der Waals surface area contributed by atoms with Gasteiger partial charge in [0.2, 0.25) is 0 Å². The monoisotopic (exact) mass is 427 g/mol.